The number of aromatic nitrogens is 1. The van der Waals surface area contributed by atoms with Crippen LogP contribution in [0, 0.1) is 0 Å². The number of hydrogen-bond acceptors (Lipinski definition) is 4. The van der Waals surface area contributed by atoms with Gasteiger partial charge in [-0.25, -0.2) is 4.98 Å². The third-order valence-corrected chi connectivity index (χ3v) is 3.89. The van der Waals surface area contributed by atoms with Crippen molar-refractivity contribution >= 4 is 11.1 Å². The topological polar surface area (TPSA) is 44.5 Å². The first-order valence-electron chi connectivity index (χ1n) is 7.56. The summed E-state index contributed by atoms with van der Waals surface area (Å²) >= 11 is 0. The van der Waals surface area contributed by atoms with Gasteiger partial charge in [-0.2, -0.15) is 0 Å². The maximum atomic E-state index is 5.92. The standard InChI is InChI=1S/C19H21NO3/c1-19(2,3)12-9-10-15-14(11-12)20-18(23-15)13-7-6-8-16(21-4)17(13)22-5/h6-11H,1-5H3. The molecule has 0 atom stereocenters. The summed E-state index contributed by atoms with van der Waals surface area (Å²) in [5.74, 6) is 1.81. The second-order valence-electron chi connectivity index (χ2n) is 6.49. The van der Waals surface area contributed by atoms with Crippen LogP contribution in [0.2, 0.25) is 0 Å². The molecule has 0 aliphatic rings. The van der Waals surface area contributed by atoms with Crippen LogP contribution in [-0.4, -0.2) is 19.2 Å². The van der Waals surface area contributed by atoms with E-state index in [1.165, 1.54) is 5.56 Å². The molecule has 4 nitrogen and oxygen atoms in total. The van der Waals surface area contributed by atoms with Crippen LogP contribution in [0.4, 0.5) is 0 Å². The van der Waals surface area contributed by atoms with Crippen molar-refractivity contribution in [2.75, 3.05) is 14.2 Å². The summed E-state index contributed by atoms with van der Waals surface area (Å²) < 4.78 is 16.7. The average Bonchev–Trinajstić information content (AvgIpc) is 2.95. The minimum absolute atomic E-state index is 0.0704. The lowest BCUT2D eigenvalue weighted by molar-refractivity contribution is 0.355. The van der Waals surface area contributed by atoms with Gasteiger partial charge in [-0.3, -0.25) is 0 Å². The van der Waals surface area contributed by atoms with Crippen molar-refractivity contribution in [2.45, 2.75) is 26.2 Å². The summed E-state index contributed by atoms with van der Waals surface area (Å²) in [6.45, 7) is 6.54. The first-order valence-corrected chi connectivity index (χ1v) is 7.56. The van der Waals surface area contributed by atoms with Crippen LogP contribution in [0.1, 0.15) is 26.3 Å². The van der Waals surface area contributed by atoms with Gasteiger partial charge >= 0.3 is 0 Å². The van der Waals surface area contributed by atoms with E-state index >= 15 is 0 Å². The van der Waals surface area contributed by atoms with Gasteiger partial charge in [0, 0.05) is 0 Å². The van der Waals surface area contributed by atoms with Gasteiger partial charge in [-0.05, 0) is 35.2 Å². The zero-order chi connectivity index (χ0) is 16.6. The number of ether oxygens (including phenoxy) is 2. The SMILES string of the molecule is COc1cccc(-c2nc3cc(C(C)(C)C)ccc3o2)c1OC. The Hall–Kier alpha value is -2.49. The van der Waals surface area contributed by atoms with Crippen molar-refractivity contribution in [1.82, 2.24) is 4.98 Å². The highest BCUT2D eigenvalue weighted by Gasteiger charge is 2.19. The van der Waals surface area contributed by atoms with Crippen LogP contribution in [-0.2, 0) is 5.41 Å². The van der Waals surface area contributed by atoms with Crippen molar-refractivity contribution in [1.29, 1.82) is 0 Å². The lowest BCUT2D eigenvalue weighted by Crippen LogP contribution is -2.10. The predicted octanol–water partition coefficient (Wildman–Crippen LogP) is 4.81. The highest BCUT2D eigenvalue weighted by molar-refractivity contribution is 5.79. The second-order valence-corrected chi connectivity index (χ2v) is 6.49. The van der Waals surface area contributed by atoms with Crippen LogP contribution in [0.3, 0.4) is 0 Å². The molecule has 1 aromatic heterocycles. The van der Waals surface area contributed by atoms with E-state index in [9.17, 15) is 0 Å². The largest absolute Gasteiger partial charge is 0.493 e. The number of rotatable bonds is 3. The van der Waals surface area contributed by atoms with Gasteiger partial charge in [0.2, 0.25) is 5.89 Å². The van der Waals surface area contributed by atoms with E-state index in [-0.39, 0.29) is 5.41 Å². The Labute approximate surface area is 136 Å². The summed E-state index contributed by atoms with van der Waals surface area (Å²) in [6.07, 6.45) is 0. The molecule has 3 aromatic rings. The molecule has 0 radical (unpaired) electrons. The zero-order valence-corrected chi connectivity index (χ0v) is 14.1. The Balaban J connectivity index is 2.15. The number of methoxy groups -OCH3 is 2. The van der Waals surface area contributed by atoms with Gasteiger partial charge in [0.25, 0.3) is 0 Å². The third-order valence-electron chi connectivity index (χ3n) is 3.89. The highest BCUT2D eigenvalue weighted by Crippen LogP contribution is 2.38. The lowest BCUT2D eigenvalue weighted by atomic mass is 9.87. The molecule has 0 spiro atoms. The highest BCUT2D eigenvalue weighted by atomic mass is 16.5. The Bertz CT molecular complexity index is 843. The van der Waals surface area contributed by atoms with E-state index in [0.29, 0.717) is 17.4 Å². The fraction of sp³-hybridized carbons (Fsp3) is 0.316. The van der Waals surface area contributed by atoms with Gasteiger partial charge in [0.05, 0.1) is 19.8 Å². The molecule has 0 aliphatic carbocycles. The molecular formula is C19H21NO3. The van der Waals surface area contributed by atoms with Crippen LogP contribution in [0.25, 0.3) is 22.6 Å². The molecule has 0 amide bonds. The van der Waals surface area contributed by atoms with E-state index in [4.69, 9.17) is 13.9 Å². The minimum Gasteiger partial charge on any atom is -0.493 e. The molecule has 4 heteroatoms. The van der Waals surface area contributed by atoms with Crippen molar-refractivity contribution < 1.29 is 13.9 Å². The third kappa shape index (κ3) is 2.77. The first kappa shape index (κ1) is 15.4. The Morgan fingerprint density at radius 3 is 2.43 bits per heavy atom. The molecule has 0 N–H and O–H groups in total. The van der Waals surface area contributed by atoms with Crippen LogP contribution in [0.15, 0.2) is 40.8 Å². The summed E-state index contributed by atoms with van der Waals surface area (Å²) in [5, 5.41) is 0. The quantitative estimate of drug-likeness (QED) is 0.696. The Kier molecular flexibility index (Phi) is 3.76. The smallest absolute Gasteiger partial charge is 0.231 e. The number of para-hydroxylation sites is 1. The lowest BCUT2D eigenvalue weighted by Gasteiger charge is -2.18. The summed E-state index contributed by atoms with van der Waals surface area (Å²) in [5.41, 5.74) is 3.68. The maximum absolute atomic E-state index is 5.92. The number of hydrogen-bond donors (Lipinski definition) is 0. The van der Waals surface area contributed by atoms with E-state index in [2.05, 4.69) is 37.9 Å². The molecule has 23 heavy (non-hydrogen) atoms. The molecule has 0 unspecified atom stereocenters. The van der Waals surface area contributed by atoms with E-state index < -0.39 is 0 Å². The number of oxazole rings is 1. The molecule has 1 heterocycles. The average molecular weight is 311 g/mol. The number of fused-ring (bicyclic) bond motifs is 1. The van der Waals surface area contributed by atoms with Gasteiger partial charge in [0.1, 0.15) is 5.52 Å². The molecule has 0 saturated heterocycles. The first-order chi connectivity index (χ1) is 10.9. The van der Waals surface area contributed by atoms with Crippen molar-refractivity contribution in [3.05, 3.63) is 42.0 Å². The van der Waals surface area contributed by atoms with Gasteiger partial charge in [0.15, 0.2) is 17.1 Å². The van der Waals surface area contributed by atoms with E-state index in [1.807, 2.05) is 24.3 Å². The normalized spacial score (nSPS) is 11.7. The molecule has 3 rings (SSSR count). The number of nitrogens with zero attached hydrogens (tertiary/aromatic N) is 1. The molecule has 0 aliphatic heterocycles. The summed E-state index contributed by atoms with van der Waals surface area (Å²) in [6, 6.07) is 11.8. The van der Waals surface area contributed by atoms with Gasteiger partial charge in [-0.15, -0.1) is 0 Å². The molecule has 2 aromatic carbocycles. The fourth-order valence-corrected chi connectivity index (χ4v) is 2.56. The molecule has 0 fully saturated rings. The fourth-order valence-electron chi connectivity index (χ4n) is 2.56. The Morgan fingerprint density at radius 2 is 1.78 bits per heavy atom. The molecular weight excluding hydrogens is 290 g/mol. The Morgan fingerprint density at radius 1 is 1.00 bits per heavy atom. The van der Waals surface area contributed by atoms with Crippen LogP contribution >= 0.6 is 0 Å². The monoisotopic (exact) mass is 311 g/mol. The van der Waals surface area contributed by atoms with Crippen LogP contribution in [0.5, 0.6) is 11.5 Å². The molecule has 0 saturated carbocycles. The van der Waals surface area contributed by atoms with E-state index in [0.717, 1.165) is 16.7 Å². The summed E-state index contributed by atoms with van der Waals surface area (Å²) in [7, 11) is 3.23. The predicted molar refractivity (Wildman–Crippen MR) is 91.2 cm³/mol. The second kappa shape index (κ2) is 5.61. The number of benzene rings is 2. The van der Waals surface area contributed by atoms with Crippen molar-refractivity contribution in [3.63, 3.8) is 0 Å². The minimum atomic E-state index is 0.0704. The molecule has 0 bridgehead atoms. The maximum Gasteiger partial charge on any atom is 0.231 e. The van der Waals surface area contributed by atoms with Gasteiger partial charge < -0.3 is 13.9 Å². The van der Waals surface area contributed by atoms with E-state index in [1.54, 1.807) is 14.2 Å². The zero-order valence-electron chi connectivity index (χ0n) is 14.1. The van der Waals surface area contributed by atoms with Gasteiger partial charge in [-0.1, -0.05) is 32.9 Å². The molecule has 120 valence electrons. The van der Waals surface area contributed by atoms with Crippen molar-refractivity contribution in [3.8, 4) is 23.0 Å². The van der Waals surface area contributed by atoms with Crippen LogP contribution < -0.4 is 9.47 Å². The summed E-state index contributed by atoms with van der Waals surface area (Å²) in [4.78, 5) is 4.64. The van der Waals surface area contributed by atoms with Crippen molar-refractivity contribution in [2.24, 2.45) is 0 Å².